The van der Waals surface area contributed by atoms with Crippen LogP contribution in [0.2, 0.25) is 0 Å². The number of carbonyl (C=O) groups excluding carboxylic acids is 1. The van der Waals surface area contributed by atoms with Crippen LogP contribution in [0.15, 0.2) is 53.7 Å². The third-order valence-corrected chi connectivity index (χ3v) is 5.85. The number of Topliss-reactive ketones (excluding diaryl/α,β-unsaturated/α-hetero) is 1. The molecule has 1 N–H and O–H groups in total. The molecule has 0 radical (unpaired) electrons. The van der Waals surface area contributed by atoms with Crippen LogP contribution in [0.1, 0.15) is 33.4 Å². The molecule has 0 aliphatic carbocycles. The Balaban J connectivity index is 1.77. The van der Waals surface area contributed by atoms with Crippen molar-refractivity contribution in [2.75, 3.05) is 5.43 Å². The fourth-order valence-corrected chi connectivity index (χ4v) is 4.33. The molecule has 2 heterocycles. The Bertz CT molecular complexity index is 1060. The smallest absolute Gasteiger partial charge is 0.269 e. The van der Waals surface area contributed by atoms with Gasteiger partial charge in [-0.25, -0.2) is 4.68 Å². The van der Waals surface area contributed by atoms with Crippen LogP contribution in [-0.2, 0) is 0 Å². The molecule has 142 valence electrons. The van der Waals surface area contributed by atoms with Crippen LogP contribution in [0.3, 0.4) is 0 Å². The number of fused-ring (bicyclic) bond motifs is 1. The van der Waals surface area contributed by atoms with Crippen molar-refractivity contribution < 1.29 is 9.72 Å². The first-order chi connectivity index (χ1) is 13.4. The van der Waals surface area contributed by atoms with Gasteiger partial charge in [0.05, 0.1) is 11.0 Å². The maximum absolute atomic E-state index is 13.3. The van der Waals surface area contributed by atoms with Crippen LogP contribution in [0.4, 0.5) is 5.69 Å². The maximum Gasteiger partial charge on any atom is 0.269 e. The number of hydrogen-bond acceptors (Lipinski definition) is 7. The Morgan fingerprint density at radius 3 is 2.64 bits per heavy atom. The SMILES string of the molecule is Cc1ccc(C(=O)[C@H]2Sc3nnc(C)n3N[C@@H]2c2cccc([N+](=O)[O-])c2)cc1. The Labute approximate surface area is 165 Å². The Morgan fingerprint density at radius 1 is 1.18 bits per heavy atom. The van der Waals surface area contributed by atoms with Crippen LogP contribution >= 0.6 is 11.8 Å². The highest BCUT2D eigenvalue weighted by Crippen LogP contribution is 2.39. The molecule has 9 heteroatoms. The lowest BCUT2D eigenvalue weighted by molar-refractivity contribution is -0.384. The molecule has 0 bridgehead atoms. The monoisotopic (exact) mass is 395 g/mol. The first-order valence-electron chi connectivity index (χ1n) is 8.64. The largest absolute Gasteiger partial charge is 0.313 e. The van der Waals surface area contributed by atoms with Gasteiger partial charge in [0.1, 0.15) is 11.1 Å². The first kappa shape index (κ1) is 18.2. The van der Waals surface area contributed by atoms with Crippen molar-refractivity contribution in [3.05, 3.63) is 81.2 Å². The average Bonchev–Trinajstić information content (AvgIpc) is 3.07. The minimum absolute atomic E-state index is 0.0166. The van der Waals surface area contributed by atoms with Gasteiger partial charge in [-0.05, 0) is 19.4 Å². The summed E-state index contributed by atoms with van der Waals surface area (Å²) in [6.07, 6.45) is 0. The number of nitrogens with zero attached hydrogens (tertiary/aromatic N) is 4. The van der Waals surface area contributed by atoms with Gasteiger partial charge in [0.25, 0.3) is 5.69 Å². The number of carbonyl (C=O) groups is 1. The topological polar surface area (TPSA) is 103 Å². The normalized spacial score (nSPS) is 18.2. The summed E-state index contributed by atoms with van der Waals surface area (Å²) in [5.41, 5.74) is 5.56. The zero-order valence-corrected chi connectivity index (χ0v) is 16.0. The molecule has 0 spiro atoms. The van der Waals surface area contributed by atoms with Crippen LogP contribution in [0.25, 0.3) is 0 Å². The van der Waals surface area contributed by atoms with Gasteiger partial charge in [-0.2, -0.15) is 0 Å². The molecule has 2 aromatic carbocycles. The maximum atomic E-state index is 13.3. The van der Waals surface area contributed by atoms with Crippen molar-refractivity contribution in [1.82, 2.24) is 14.9 Å². The second-order valence-corrected chi connectivity index (χ2v) is 7.70. The predicted octanol–water partition coefficient (Wildman–Crippen LogP) is 3.45. The van der Waals surface area contributed by atoms with Crippen LogP contribution in [0, 0.1) is 24.0 Å². The summed E-state index contributed by atoms with van der Waals surface area (Å²) in [6.45, 7) is 3.76. The highest BCUT2D eigenvalue weighted by atomic mass is 32.2. The van der Waals surface area contributed by atoms with Crippen LogP contribution in [-0.4, -0.2) is 30.8 Å². The molecule has 0 amide bonds. The van der Waals surface area contributed by atoms with Gasteiger partial charge in [0.2, 0.25) is 5.16 Å². The second kappa shape index (κ2) is 7.08. The van der Waals surface area contributed by atoms with Crippen molar-refractivity contribution in [1.29, 1.82) is 0 Å². The lowest BCUT2D eigenvalue weighted by atomic mass is 9.97. The fourth-order valence-electron chi connectivity index (χ4n) is 3.12. The molecular formula is C19H17N5O3S. The Kier molecular flexibility index (Phi) is 4.60. The highest BCUT2D eigenvalue weighted by Gasteiger charge is 2.38. The number of aromatic nitrogens is 3. The van der Waals surface area contributed by atoms with Crippen LogP contribution < -0.4 is 5.43 Å². The number of rotatable bonds is 4. The minimum atomic E-state index is -0.541. The summed E-state index contributed by atoms with van der Waals surface area (Å²) in [7, 11) is 0. The highest BCUT2D eigenvalue weighted by molar-refractivity contribution is 8.00. The number of benzene rings is 2. The van der Waals surface area contributed by atoms with E-state index < -0.39 is 16.2 Å². The van der Waals surface area contributed by atoms with E-state index in [2.05, 4.69) is 15.6 Å². The molecule has 0 saturated heterocycles. The zero-order valence-electron chi connectivity index (χ0n) is 15.2. The van der Waals surface area contributed by atoms with E-state index in [1.165, 1.54) is 23.9 Å². The Morgan fingerprint density at radius 2 is 1.93 bits per heavy atom. The number of nitrogens with one attached hydrogen (secondary N) is 1. The number of aryl methyl sites for hydroxylation is 2. The quantitative estimate of drug-likeness (QED) is 0.410. The van der Waals surface area contributed by atoms with E-state index in [0.717, 1.165) is 5.56 Å². The second-order valence-electron chi connectivity index (χ2n) is 6.59. The zero-order chi connectivity index (χ0) is 19.8. The molecule has 2 atom stereocenters. The third kappa shape index (κ3) is 3.24. The van der Waals surface area contributed by atoms with E-state index in [9.17, 15) is 14.9 Å². The van der Waals surface area contributed by atoms with Gasteiger partial charge >= 0.3 is 0 Å². The molecule has 4 rings (SSSR count). The fraction of sp³-hybridized carbons (Fsp3) is 0.211. The summed E-state index contributed by atoms with van der Waals surface area (Å²) in [5.74, 6) is 0.583. The summed E-state index contributed by atoms with van der Waals surface area (Å²) < 4.78 is 1.72. The van der Waals surface area contributed by atoms with Gasteiger partial charge in [-0.15, -0.1) is 10.2 Å². The van der Waals surface area contributed by atoms with Gasteiger partial charge < -0.3 is 5.43 Å². The molecular weight excluding hydrogens is 378 g/mol. The minimum Gasteiger partial charge on any atom is -0.313 e. The van der Waals surface area contributed by atoms with Crippen molar-refractivity contribution >= 4 is 23.2 Å². The van der Waals surface area contributed by atoms with E-state index in [1.54, 1.807) is 35.9 Å². The molecule has 1 aliphatic heterocycles. The molecule has 1 aliphatic rings. The molecule has 1 aromatic heterocycles. The Hall–Kier alpha value is -3.20. The summed E-state index contributed by atoms with van der Waals surface area (Å²) in [4.78, 5) is 24.0. The molecule has 0 saturated carbocycles. The van der Waals surface area contributed by atoms with Gasteiger partial charge in [0, 0.05) is 17.7 Å². The van der Waals surface area contributed by atoms with Gasteiger partial charge in [-0.3, -0.25) is 14.9 Å². The number of ketones is 1. The molecule has 3 aromatic rings. The summed E-state index contributed by atoms with van der Waals surface area (Å²) in [6, 6.07) is 13.3. The van der Waals surface area contributed by atoms with Gasteiger partial charge in [-0.1, -0.05) is 53.7 Å². The van der Waals surface area contributed by atoms with Crippen molar-refractivity contribution in [3.8, 4) is 0 Å². The molecule has 0 fully saturated rings. The van der Waals surface area contributed by atoms with Gasteiger partial charge in [0.15, 0.2) is 5.78 Å². The number of nitro benzene ring substituents is 1. The number of thioether (sulfide) groups is 1. The van der Waals surface area contributed by atoms with E-state index in [-0.39, 0.29) is 11.5 Å². The van der Waals surface area contributed by atoms with Crippen molar-refractivity contribution in [3.63, 3.8) is 0 Å². The number of non-ortho nitro benzene ring substituents is 1. The average molecular weight is 395 g/mol. The molecule has 28 heavy (non-hydrogen) atoms. The van der Waals surface area contributed by atoms with E-state index >= 15 is 0 Å². The van der Waals surface area contributed by atoms with Crippen molar-refractivity contribution in [2.24, 2.45) is 0 Å². The molecule has 8 nitrogen and oxygen atoms in total. The first-order valence-corrected chi connectivity index (χ1v) is 9.52. The lowest BCUT2D eigenvalue weighted by Crippen LogP contribution is -2.39. The number of hydrogen-bond donors (Lipinski definition) is 1. The van der Waals surface area contributed by atoms with E-state index in [1.807, 2.05) is 19.1 Å². The molecule has 0 unspecified atom stereocenters. The van der Waals surface area contributed by atoms with Crippen LogP contribution in [0.5, 0.6) is 0 Å². The number of nitro groups is 1. The lowest BCUT2D eigenvalue weighted by Gasteiger charge is -2.32. The summed E-state index contributed by atoms with van der Waals surface area (Å²) in [5, 5.41) is 19.4. The van der Waals surface area contributed by atoms with E-state index in [4.69, 9.17) is 0 Å². The predicted molar refractivity (Wildman–Crippen MR) is 105 cm³/mol. The van der Waals surface area contributed by atoms with Crippen molar-refractivity contribution in [2.45, 2.75) is 30.3 Å². The van der Waals surface area contributed by atoms with E-state index in [0.29, 0.717) is 22.1 Å². The standard InChI is InChI=1S/C19H17N5O3S/c1-11-6-8-13(9-7-11)17(25)18-16(14-4-3-5-15(10-14)24(26)27)22-23-12(2)20-21-19(23)28-18/h3-10,16,18,22H,1-2H3/t16-,18+/m1/s1. The summed E-state index contributed by atoms with van der Waals surface area (Å²) >= 11 is 1.31. The third-order valence-electron chi connectivity index (χ3n) is 4.63.